The minimum atomic E-state index is -1.14. The number of hydrogen-bond donors (Lipinski definition) is 3. The third-order valence-electron chi connectivity index (χ3n) is 5.76. The van der Waals surface area contributed by atoms with Crippen molar-refractivity contribution in [3.05, 3.63) is 40.2 Å². The zero-order valence-electron chi connectivity index (χ0n) is 17.1. The maximum absolute atomic E-state index is 12.7. The van der Waals surface area contributed by atoms with Crippen LogP contribution < -0.4 is 10.9 Å². The summed E-state index contributed by atoms with van der Waals surface area (Å²) in [6.45, 7) is 1.40. The van der Waals surface area contributed by atoms with E-state index < -0.39 is 23.5 Å². The van der Waals surface area contributed by atoms with Crippen LogP contribution in [0.3, 0.4) is 0 Å². The summed E-state index contributed by atoms with van der Waals surface area (Å²) >= 11 is 6.31. The molecule has 0 aliphatic heterocycles. The fourth-order valence-electron chi connectivity index (χ4n) is 3.83. The molecule has 11 nitrogen and oxygen atoms in total. The smallest absolute Gasteiger partial charge is 0.326 e. The first-order valence-electron chi connectivity index (χ1n) is 10.1. The van der Waals surface area contributed by atoms with Crippen LogP contribution in [0.1, 0.15) is 38.6 Å². The average Bonchev–Trinajstić information content (AvgIpc) is 3.20. The Bertz CT molecular complexity index is 1250. The summed E-state index contributed by atoms with van der Waals surface area (Å²) < 4.78 is 2.39. The molecule has 3 aromatic rings. The number of carboxylic acids is 2. The fraction of sp³-hybridized carbons (Fsp3) is 0.400. The molecule has 1 fully saturated rings. The average molecular weight is 461 g/mol. The topological polar surface area (TPSA) is 152 Å². The number of halogens is 1. The van der Waals surface area contributed by atoms with E-state index >= 15 is 0 Å². The number of carbonyl (C=O) groups is 2. The Morgan fingerprint density at radius 3 is 2.62 bits per heavy atom. The van der Waals surface area contributed by atoms with Gasteiger partial charge in [0.05, 0.1) is 22.8 Å². The van der Waals surface area contributed by atoms with Crippen LogP contribution in [0.5, 0.6) is 0 Å². The van der Waals surface area contributed by atoms with Crippen LogP contribution in [0.2, 0.25) is 5.02 Å². The third kappa shape index (κ3) is 4.15. The second kappa shape index (κ2) is 8.58. The van der Waals surface area contributed by atoms with Gasteiger partial charge < -0.3 is 15.5 Å². The second-order valence-electron chi connectivity index (χ2n) is 7.84. The van der Waals surface area contributed by atoms with Crippen LogP contribution >= 0.6 is 11.6 Å². The molecule has 32 heavy (non-hydrogen) atoms. The molecule has 168 valence electrons. The molecule has 0 radical (unpaired) electrons. The Balaban J connectivity index is 1.61. The van der Waals surface area contributed by atoms with E-state index in [0.29, 0.717) is 42.9 Å². The minimum Gasteiger partial charge on any atom is -0.481 e. The Labute approximate surface area is 186 Å². The van der Waals surface area contributed by atoms with Crippen molar-refractivity contribution >= 4 is 35.0 Å². The van der Waals surface area contributed by atoms with Gasteiger partial charge in [0.2, 0.25) is 5.95 Å². The summed E-state index contributed by atoms with van der Waals surface area (Å²) in [4.78, 5) is 43.8. The summed E-state index contributed by atoms with van der Waals surface area (Å²) in [6.07, 6.45) is 6.79. The molecule has 0 aromatic carbocycles. The summed E-state index contributed by atoms with van der Waals surface area (Å²) in [6, 6.07) is 0.545. The molecular formula is C20H21ClN6O5. The van der Waals surface area contributed by atoms with Crippen LogP contribution in [0, 0.1) is 5.92 Å². The highest BCUT2D eigenvalue weighted by molar-refractivity contribution is 6.32. The number of nitrogens with zero attached hydrogens (tertiary/aromatic N) is 5. The monoisotopic (exact) mass is 460 g/mol. The van der Waals surface area contributed by atoms with Crippen molar-refractivity contribution in [3.8, 4) is 11.3 Å². The summed E-state index contributed by atoms with van der Waals surface area (Å²) in [5, 5.41) is 26.0. The molecule has 1 aliphatic rings. The lowest BCUT2D eigenvalue weighted by Crippen LogP contribution is -2.29. The van der Waals surface area contributed by atoms with E-state index in [2.05, 4.69) is 20.4 Å². The number of aliphatic carboxylic acids is 2. The van der Waals surface area contributed by atoms with Crippen LogP contribution in [0.15, 0.2) is 29.6 Å². The van der Waals surface area contributed by atoms with E-state index in [0.717, 1.165) is 4.57 Å². The first-order chi connectivity index (χ1) is 15.2. The summed E-state index contributed by atoms with van der Waals surface area (Å²) in [5.41, 5.74) is 0.609. The largest absolute Gasteiger partial charge is 0.481 e. The summed E-state index contributed by atoms with van der Waals surface area (Å²) in [5.74, 6) is -1.87. The van der Waals surface area contributed by atoms with Gasteiger partial charge in [-0.05, 0) is 38.7 Å². The van der Waals surface area contributed by atoms with Crippen molar-refractivity contribution < 1.29 is 19.8 Å². The summed E-state index contributed by atoms with van der Waals surface area (Å²) in [7, 11) is 0. The number of fused-ring (bicyclic) bond motifs is 1. The first kappa shape index (κ1) is 21.8. The fourth-order valence-corrected chi connectivity index (χ4v) is 4.03. The van der Waals surface area contributed by atoms with Crippen LogP contribution in [-0.2, 0) is 9.59 Å². The first-order valence-corrected chi connectivity index (χ1v) is 10.5. The predicted molar refractivity (Wildman–Crippen MR) is 115 cm³/mol. The molecule has 4 rings (SSSR count). The highest BCUT2D eigenvalue weighted by Crippen LogP contribution is 2.29. The molecule has 3 heterocycles. The predicted octanol–water partition coefficient (Wildman–Crippen LogP) is 2.31. The second-order valence-corrected chi connectivity index (χ2v) is 8.24. The molecule has 3 aromatic heterocycles. The Hall–Kier alpha value is -3.47. The molecule has 3 N–H and O–H groups in total. The van der Waals surface area contributed by atoms with Crippen LogP contribution in [-0.4, -0.2) is 52.3 Å². The molecule has 1 unspecified atom stereocenters. The number of anilines is 1. The molecule has 0 amide bonds. The zero-order valence-corrected chi connectivity index (χ0v) is 17.9. The van der Waals surface area contributed by atoms with Gasteiger partial charge in [-0.1, -0.05) is 11.6 Å². The number of rotatable bonds is 6. The molecule has 1 saturated carbocycles. The van der Waals surface area contributed by atoms with Gasteiger partial charge in [-0.15, -0.1) is 0 Å². The number of carboxylic acid groups (broad SMARTS) is 2. The van der Waals surface area contributed by atoms with Gasteiger partial charge in [0.1, 0.15) is 17.9 Å². The van der Waals surface area contributed by atoms with E-state index in [1.54, 1.807) is 12.3 Å². The zero-order chi connectivity index (χ0) is 23.0. The van der Waals surface area contributed by atoms with Gasteiger partial charge in [0, 0.05) is 17.8 Å². The lowest BCUT2D eigenvalue weighted by molar-refractivity contribution is -0.143. The quantitative estimate of drug-likeness (QED) is 0.503. The van der Waals surface area contributed by atoms with Crippen LogP contribution in [0.25, 0.3) is 16.8 Å². The SMILES string of the molecule is CC(C(=O)O)n1cnn2cc(-c3nc(NC4CCC(C(=O)O)CC4)ncc3Cl)cc2c1=O. The van der Waals surface area contributed by atoms with E-state index in [-0.39, 0.29) is 22.5 Å². The van der Waals surface area contributed by atoms with Crippen molar-refractivity contribution in [2.75, 3.05) is 5.32 Å². The van der Waals surface area contributed by atoms with Crippen molar-refractivity contribution in [1.82, 2.24) is 24.1 Å². The van der Waals surface area contributed by atoms with E-state index in [1.165, 1.54) is 24.0 Å². The van der Waals surface area contributed by atoms with Crippen molar-refractivity contribution in [1.29, 1.82) is 0 Å². The Morgan fingerprint density at radius 1 is 1.25 bits per heavy atom. The lowest BCUT2D eigenvalue weighted by atomic mass is 9.86. The highest BCUT2D eigenvalue weighted by atomic mass is 35.5. The maximum atomic E-state index is 12.7. The van der Waals surface area contributed by atoms with Gasteiger partial charge in [0.15, 0.2) is 0 Å². The normalized spacial score (nSPS) is 19.6. The number of nitrogens with one attached hydrogen (secondary N) is 1. The highest BCUT2D eigenvalue weighted by Gasteiger charge is 2.26. The van der Waals surface area contributed by atoms with Gasteiger partial charge >= 0.3 is 11.9 Å². The molecule has 12 heteroatoms. The molecule has 1 aliphatic carbocycles. The van der Waals surface area contributed by atoms with Crippen molar-refractivity contribution in [2.24, 2.45) is 5.92 Å². The minimum absolute atomic E-state index is 0.0547. The van der Waals surface area contributed by atoms with Crippen molar-refractivity contribution in [2.45, 2.75) is 44.7 Å². The Morgan fingerprint density at radius 2 is 1.97 bits per heavy atom. The van der Waals surface area contributed by atoms with Gasteiger partial charge in [-0.3, -0.25) is 14.2 Å². The van der Waals surface area contributed by atoms with E-state index in [4.69, 9.17) is 16.7 Å². The third-order valence-corrected chi connectivity index (χ3v) is 6.03. The van der Waals surface area contributed by atoms with Crippen molar-refractivity contribution in [3.63, 3.8) is 0 Å². The van der Waals surface area contributed by atoms with Gasteiger partial charge in [-0.25, -0.2) is 19.3 Å². The van der Waals surface area contributed by atoms with E-state index in [9.17, 15) is 19.5 Å². The molecule has 0 bridgehead atoms. The Kier molecular flexibility index (Phi) is 5.83. The lowest BCUT2D eigenvalue weighted by Gasteiger charge is -2.26. The van der Waals surface area contributed by atoms with Gasteiger partial charge in [0.25, 0.3) is 5.56 Å². The molecule has 1 atom stereocenters. The number of aromatic nitrogens is 5. The molecule has 0 saturated heterocycles. The van der Waals surface area contributed by atoms with Crippen LogP contribution in [0.4, 0.5) is 5.95 Å². The number of hydrogen-bond acceptors (Lipinski definition) is 7. The molecule has 0 spiro atoms. The van der Waals surface area contributed by atoms with E-state index in [1.807, 2.05) is 0 Å². The standard InChI is InChI=1S/C20H21ClN6O5/c1-10(18(29)30)26-9-23-27-8-12(6-15(27)17(26)28)16-14(21)7-22-20(25-16)24-13-4-2-11(3-5-13)19(31)32/h6-11,13H,2-5H2,1H3,(H,29,30)(H,31,32)(H,22,24,25). The molecular weight excluding hydrogens is 440 g/mol. The maximum Gasteiger partial charge on any atom is 0.326 e. The van der Waals surface area contributed by atoms with Gasteiger partial charge in [-0.2, -0.15) is 5.10 Å².